The summed E-state index contributed by atoms with van der Waals surface area (Å²) < 4.78 is 11.3. The highest BCUT2D eigenvalue weighted by molar-refractivity contribution is 5.72. The maximum Gasteiger partial charge on any atom is 0.309 e. The first-order valence-corrected chi connectivity index (χ1v) is 19.2. The van der Waals surface area contributed by atoms with Crippen molar-refractivity contribution in [1.29, 1.82) is 0 Å². The Bertz CT molecular complexity index is 616. The molecule has 0 heterocycles. The van der Waals surface area contributed by atoms with Gasteiger partial charge in [-0.3, -0.25) is 9.59 Å². The molecule has 0 aromatic heterocycles. The minimum Gasteiger partial charge on any atom is -0.465 e. The Morgan fingerprint density at radius 2 is 0.884 bits per heavy atom. The Morgan fingerprint density at radius 3 is 1.28 bits per heavy atom. The second kappa shape index (κ2) is 30.9. The van der Waals surface area contributed by atoms with Crippen LogP contribution in [-0.2, 0) is 19.1 Å². The van der Waals surface area contributed by atoms with Crippen molar-refractivity contribution in [1.82, 2.24) is 0 Å². The number of hydrogen-bond donors (Lipinski definition) is 0. The number of ether oxygens (including phenoxy) is 2. The molecule has 4 nitrogen and oxygen atoms in total. The lowest BCUT2D eigenvalue weighted by Gasteiger charge is -2.21. The van der Waals surface area contributed by atoms with Gasteiger partial charge in [-0.25, -0.2) is 0 Å². The smallest absolute Gasteiger partial charge is 0.309 e. The van der Waals surface area contributed by atoms with Crippen molar-refractivity contribution in [3.63, 3.8) is 0 Å². The maximum absolute atomic E-state index is 12.7. The first-order chi connectivity index (χ1) is 20.9. The molecule has 0 bridgehead atoms. The van der Waals surface area contributed by atoms with Gasteiger partial charge in [0, 0.05) is 6.42 Å². The summed E-state index contributed by atoms with van der Waals surface area (Å²) in [6.45, 7) is 14.4. The molecule has 3 unspecified atom stereocenters. The first-order valence-electron chi connectivity index (χ1n) is 19.2. The van der Waals surface area contributed by atoms with Gasteiger partial charge in [0.05, 0.1) is 19.1 Å². The topological polar surface area (TPSA) is 52.6 Å². The molecule has 0 aromatic rings. The van der Waals surface area contributed by atoms with Gasteiger partial charge in [-0.05, 0) is 43.4 Å². The molecule has 0 saturated carbocycles. The van der Waals surface area contributed by atoms with E-state index >= 15 is 0 Å². The van der Waals surface area contributed by atoms with Gasteiger partial charge in [0.1, 0.15) is 0 Å². The van der Waals surface area contributed by atoms with E-state index in [1.54, 1.807) is 0 Å². The van der Waals surface area contributed by atoms with Gasteiger partial charge in [0.25, 0.3) is 0 Å². The van der Waals surface area contributed by atoms with Crippen LogP contribution in [-0.4, -0.2) is 25.2 Å². The van der Waals surface area contributed by atoms with Crippen LogP contribution in [0.15, 0.2) is 0 Å². The minimum atomic E-state index is 0.00480. The number of hydrogen-bond acceptors (Lipinski definition) is 4. The molecule has 0 radical (unpaired) electrons. The summed E-state index contributed by atoms with van der Waals surface area (Å²) in [7, 11) is 0. The third kappa shape index (κ3) is 25.9. The Morgan fingerprint density at radius 1 is 0.488 bits per heavy atom. The van der Waals surface area contributed by atoms with Crippen molar-refractivity contribution in [2.24, 2.45) is 23.7 Å². The molecule has 4 heteroatoms. The molecule has 0 spiro atoms. The highest BCUT2D eigenvalue weighted by Gasteiger charge is 2.24. The Kier molecular flexibility index (Phi) is 30.2. The molecule has 0 saturated heterocycles. The van der Waals surface area contributed by atoms with E-state index in [0.717, 1.165) is 38.5 Å². The van der Waals surface area contributed by atoms with Gasteiger partial charge >= 0.3 is 11.9 Å². The number of carbonyl (C=O) groups excluding carboxylic acids is 2. The van der Waals surface area contributed by atoms with E-state index in [2.05, 4.69) is 41.5 Å². The van der Waals surface area contributed by atoms with Gasteiger partial charge in [-0.2, -0.15) is 0 Å². The fraction of sp³-hybridized carbons (Fsp3) is 0.949. The second-order valence-corrected chi connectivity index (χ2v) is 13.8. The van der Waals surface area contributed by atoms with E-state index in [1.165, 1.54) is 116 Å². The molecule has 0 aromatic carbocycles. The molecule has 3 atom stereocenters. The van der Waals surface area contributed by atoms with Gasteiger partial charge < -0.3 is 9.47 Å². The number of esters is 2. The van der Waals surface area contributed by atoms with Crippen LogP contribution >= 0.6 is 0 Å². The van der Waals surface area contributed by atoms with Gasteiger partial charge in [-0.1, -0.05) is 170 Å². The standard InChI is InChI=1S/C39H76O4/c1-7-11-28-35(9-3)32-42-38(40)31-27-25-23-21-19-17-15-13-14-16-18-20-22-24-26-30-37(34(5)6)39(41)43-33-36(10-4)29-12-8-2/h34-37H,7-33H2,1-6H3. The Hall–Kier alpha value is -1.06. The van der Waals surface area contributed by atoms with Crippen molar-refractivity contribution in [3.8, 4) is 0 Å². The minimum absolute atomic E-state index is 0.00480. The molecule has 0 N–H and O–H groups in total. The molecule has 43 heavy (non-hydrogen) atoms. The SMILES string of the molecule is CCCCC(CC)COC(=O)CCCCCCCCCCCCCCCCCC(C(=O)OCC(CC)CCCC)C(C)C. The first kappa shape index (κ1) is 41.9. The van der Waals surface area contributed by atoms with Gasteiger partial charge in [0.15, 0.2) is 0 Å². The predicted molar refractivity (Wildman–Crippen MR) is 185 cm³/mol. The fourth-order valence-corrected chi connectivity index (χ4v) is 6.04. The molecular formula is C39H76O4. The average molecular weight is 609 g/mol. The number of unbranched alkanes of at least 4 members (excludes halogenated alkanes) is 16. The summed E-state index contributed by atoms with van der Waals surface area (Å²) in [6.07, 6.45) is 30.2. The van der Waals surface area contributed by atoms with Crippen molar-refractivity contribution in [2.75, 3.05) is 13.2 Å². The van der Waals surface area contributed by atoms with Crippen LogP contribution < -0.4 is 0 Å². The van der Waals surface area contributed by atoms with Crippen LogP contribution in [0.3, 0.4) is 0 Å². The normalized spacial score (nSPS) is 13.7. The summed E-state index contributed by atoms with van der Waals surface area (Å²) in [6, 6.07) is 0. The summed E-state index contributed by atoms with van der Waals surface area (Å²) in [5, 5.41) is 0. The average Bonchev–Trinajstić information content (AvgIpc) is 3.00. The van der Waals surface area contributed by atoms with Gasteiger partial charge in [0.2, 0.25) is 0 Å². The van der Waals surface area contributed by atoms with Crippen LogP contribution in [0.2, 0.25) is 0 Å². The summed E-state index contributed by atoms with van der Waals surface area (Å²) in [5.41, 5.74) is 0. The summed E-state index contributed by atoms with van der Waals surface area (Å²) >= 11 is 0. The van der Waals surface area contributed by atoms with E-state index in [9.17, 15) is 9.59 Å². The zero-order valence-electron chi connectivity index (χ0n) is 30.0. The van der Waals surface area contributed by atoms with E-state index in [4.69, 9.17) is 9.47 Å². The zero-order valence-corrected chi connectivity index (χ0v) is 30.0. The van der Waals surface area contributed by atoms with E-state index in [-0.39, 0.29) is 17.9 Å². The number of carbonyl (C=O) groups is 2. The van der Waals surface area contributed by atoms with E-state index in [0.29, 0.717) is 37.4 Å². The molecule has 0 aliphatic carbocycles. The van der Waals surface area contributed by atoms with Gasteiger partial charge in [-0.15, -0.1) is 0 Å². The third-order valence-corrected chi connectivity index (χ3v) is 9.53. The van der Waals surface area contributed by atoms with Crippen molar-refractivity contribution >= 4 is 11.9 Å². The maximum atomic E-state index is 12.7. The van der Waals surface area contributed by atoms with Crippen LogP contribution in [0.5, 0.6) is 0 Å². The molecule has 256 valence electrons. The lowest BCUT2D eigenvalue weighted by Crippen LogP contribution is -2.25. The fourth-order valence-electron chi connectivity index (χ4n) is 6.04. The van der Waals surface area contributed by atoms with Crippen molar-refractivity contribution < 1.29 is 19.1 Å². The van der Waals surface area contributed by atoms with Crippen molar-refractivity contribution in [3.05, 3.63) is 0 Å². The quantitative estimate of drug-likeness (QED) is 0.0563. The zero-order chi connectivity index (χ0) is 32.0. The van der Waals surface area contributed by atoms with Crippen LogP contribution in [0.25, 0.3) is 0 Å². The van der Waals surface area contributed by atoms with Crippen molar-refractivity contribution in [2.45, 2.75) is 202 Å². The molecule has 0 aliphatic rings. The van der Waals surface area contributed by atoms with Crippen LogP contribution in [0.4, 0.5) is 0 Å². The Labute approximate surface area is 269 Å². The molecule has 0 amide bonds. The van der Waals surface area contributed by atoms with E-state index < -0.39 is 0 Å². The van der Waals surface area contributed by atoms with E-state index in [1.807, 2.05) is 0 Å². The number of rotatable bonds is 32. The second-order valence-electron chi connectivity index (χ2n) is 13.8. The highest BCUT2D eigenvalue weighted by Crippen LogP contribution is 2.23. The predicted octanol–water partition coefficient (Wildman–Crippen LogP) is 12.4. The summed E-state index contributed by atoms with van der Waals surface area (Å²) in [4.78, 5) is 24.7. The molecule has 0 aliphatic heterocycles. The largest absolute Gasteiger partial charge is 0.465 e. The van der Waals surface area contributed by atoms with Crippen LogP contribution in [0.1, 0.15) is 202 Å². The molecule has 0 rings (SSSR count). The molecule has 0 fully saturated rings. The highest BCUT2D eigenvalue weighted by atomic mass is 16.5. The lowest BCUT2D eigenvalue weighted by atomic mass is 9.90. The summed E-state index contributed by atoms with van der Waals surface area (Å²) in [5.74, 6) is 1.53. The van der Waals surface area contributed by atoms with Crippen LogP contribution in [0, 0.1) is 23.7 Å². The monoisotopic (exact) mass is 609 g/mol. The Balaban J connectivity index is 3.60. The third-order valence-electron chi connectivity index (χ3n) is 9.53. The lowest BCUT2D eigenvalue weighted by molar-refractivity contribution is -0.152. The molecular weight excluding hydrogens is 532 g/mol.